The fraction of sp³-hybridized carbons (Fsp3) is 0.364. The van der Waals surface area contributed by atoms with Crippen molar-refractivity contribution in [2.24, 2.45) is 5.92 Å². The Morgan fingerprint density at radius 2 is 1.83 bits per heavy atom. The lowest BCUT2D eigenvalue weighted by atomic mass is 10.1. The fourth-order valence-electron chi connectivity index (χ4n) is 3.40. The van der Waals surface area contributed by atoms with Gasteiger partial charge < -0.3 is 20.9 Å². The van der Waals surface area contributed by atoms with Gasteiger partial charge in [-0.1, -0.05) is 12.1 Å². The van der Waals surface area contributed by atoms with Crippen LogP contribution in [-0.4, -0.2) is 31.4 Å². The Bertz CT molecular complexity index is 866. The molecule has 154 valence electrons. The first-order valence-electron chi connectivity index (χ1n) is 9.95. The number of nitrogens with zero attached hydrogens (tertiary/aromatic N) is 1. The van der Waals surface area contributed by atoms with E-state index in [0.717, 1.165) is 24.3 Å². The smallest absolute Gasteiger partial charge is 0.225 e. The van der Waals surface area contributed by atoms with Crippen LogP contribution in [0.1, 0.15) is 25.8 Å². The minimum absolute atomic E-state index is 0.0813. The minimum atomic E-state index is -0.294. The van der Waals surface area contributed by atoms with Gasteiger partial charge in [0.1, 0.15) is 5.82 Å². The summed E-state index contributed by atoms with van der Waals surface area (Å²) in [7, 11) is 0. The highest BCUT2D eigenvalue weighted by molar-refractivity contribution is 5.89. The molecule has 3 N–H and O–H groups in total. The van der Waals surface area contributed by atoms with E-state index in [4.69, 9.17) is 0 Å². The Balaban J connectivity index is 1.56. The van der Waals surface area contributed by atoms with E-state index in [1.807, 2.05) is 49.1 Å². The number of carbonyl (C=O) groups excluding carboxylic acids is 2. The molecule has 2 aromatic carbocycles. The molecule has 1 fully saturated rings. The summed E-state index contributed by atoms with van der Waals surface area (Å²) in [5.74, 6) is -0.743. The van der Waals surface area contributed by atoms with Crippen molar-refractivity contribution in [1.82, 2.24) is 10.6 Å². The van der Waals surface area contributed by atoms with Gasteiger partial charge in [-0.3, -0.25) is 9.59 Å². The molecule has 0 bridgehead atoms. The molecule has 1 aliphatic rings. The number of hydrogen-bond donors (Lipinski definition) is 3. The molecule has 1 atom stereocenters. The molecule has 0 aromatic heterocycles. The molecule has 1 aliphatic heterocycles. The van der Waals surface area contributed by atoms with Crippen LogP contribution in [0, 0.1) is 11.7 Å². The van der Waals surface area contributed by atoms with Crippen LogP contribution in [0.3, 0.4) is 0 Å². The highest BCUT2D eigenvalue weighted by Gasteiger charge is 2.27. The third kappa shape index (κ3) is 5.25. The lowest BCUT2D eigenvalue weighted by Crippen LogP contribution is -2.31. The van der Waals surface area contributed by atoms with Crippen molar-refractivity contribution in [3.05, 3.63) is 53.8 Å². The number of amides is 2. The first kappa shape index (κ1) is 20.6. The number of rotatable bonds is 8. The third-order valence-corrected chi connectivity index (χ3v) is 5.11. The topological polar surface area (TPSA) is 73.5 Å². The molecular weight excluding hydrogens is 371 g/mol. The molecule has 6 nitrogen and oxygen atoms in total. The summed E-state index contributed by atoms with van der Waals surface area (Å²) < 4.78 is 14.4. The van der Waals surface area contributed by atoms with E-state index in [0.29, 0.717) is 24.5 Å². The third-order valence-electron chi connectivity index (χ3n) is 5.11. The molecule has 0 radical (unpaired) electrons. The number of anilines is 3. The molecule has 0 aliphatic carbocycles. The van der Waals surface area contributed by atoms with Gasteiger partial charge in [0, 0.05) is 44.0 Å². The van der Waals surface area contributed by atoms with E-state index in [1.54, 1.807) is 6.07 Å². The maximum atomic E-state index is 14.4. The van der Waals surface area contributed by atoms with E-state index in [-0.39, 0.29) is 30.0 Å². The largest absolute Gasteiger partial charge is 0.370 e. The molecule has 29 heavy (non-hydrogen) atoms. The molecule has 0 saturated carbocycles. The zero-order valence-corrected chi connectivity index (χ0v) is 16.8. The van der Waals surface area contributed by atoms with Crippen molar-refractivity contribution in [3.63, 3.8) is 0 Å². The van der Waals surface area contributed by atoms with E-state index < -0.39 is 0 Å². The molecule has 2 aromatic rings. The van der Waals surface area contributed by atoms with Crippen molar-refractivity contribution < 1.29 is 14.0 Å². The Hall–Kier alpha value is -3.09. The minimum Gasteiger partial charge on any atom is -0.370 e. The predicted octanol–water partition coefficient (Wildman–Crippen LogP) is 3.17. The number of carbonyl (C=O) groups is 2. The van der Waals surface area contributed by atoms with Crippen molar-refractivity contribution in [3.8, 4) is 0 Å². The van der Waals surface area contributed by atoms with E-state index in [1.165, 1.54) is 6.07 Å². The summed E-state index contributed by atoms with van der Waals surface area (Å²) in [6.07, 6.45) is 0.248. The second-order valence-electron chi connectivity index (χ2n) is 7.08. The Morgan fingerprint density at radius 1 is 1.14 bits per heavy atom. The predicted molar refractivity (Wildman–Crippen MR) is 113 cm³/mol. The summed E-state index contributed by atoms with van der Waals surface area (Å²) in [5.41, 5.74) is 3.06. The van der Waals surface area contributed by atoms with Gasteiger partial charge in [0.25, 0.3) is 0 Å². The highest BCUT2D eigenvalue weighted by Crippen LogP contribution is 2.25. The summed E-state index contributed by atoms with van der Waals surface area (Å²) in [6.45, 7) is 6.32. The molecule has 1 saturated heterocycles. The quantitative estimate of drug-likeness (QED) is 0.639. The molecule has 1 heterocycles. The van der Waals surface area contributed by atoms with E-state index in [2.05, 4.69) is 16.0 Å². The van der Waals surface area contributed by atoms with Crippen molar-refractivity contribution in [1.29, 1.82) is 0 Å². The molecular formula is C22H27FN4O2. The van der Waals surface area contributed by atoms with Crippen molar-refractivity contribution in [2.45, 2.75) is 26.8 Å². The zero-order valence-electron chi connectivity index (χ0n) is 16.8. The molecule has 1 unspecified atom stereocenters. The van der Waals surface area contributed by atoms with Crippen molar-refractivity contribution >= 4 is 28.9 Å². The van der Waals surface area contributed by atoms with E-state index in [9.17, 15) is 14.0 Å². The average molecular weight is 398 g/mol. The SMILES string of the molecule is CCN(CC)c1ccc(Nc2ccc(CNC(=O)C3CNC(=O)C3)cc2)cc1F. The second-order valence-corrected chi connectivity index (χ2v) is 7.08. The van der Waals surface area contributed by atoms with Crippen LogP contribution in [0.4, 0.5) is 21.5 Å². The van der Waals surface area contributed by atoms with Crippen molar-refractivity contribution in [2.75, 3.05) is 29.9 Å². The zero-order chi connectivity index (χ0) is 20.8. The van der Waals surface area contributed by atoms with Gasteiger partial charge in [0.15, 0.2) is 0 Å². The Labute approximate surface area is 170 Å². The monoisotopic (exact) mass is 398 g/mol. The Morgan fingerprint density at radius 3 is 2.41 bits per heavy atom. The molecule has 2 amide bonds. The lowest BCUT2D eigenvalue weighted by molar-refractivity contribution is -0.126. The first-order valence-corrected chi connectivity index (χ1v) is 9.95. The van der Waals surface area contributed by atoms with Gasteiger partial charge in [-0.2, -0.15) is 0 Å². The fourth-order valence-corrected chi connectivity index (χ4v) is 3.40. The lowest BCUT2D eigenvalue weighted by Gasteiger charge is -2.22. The molecule has 3 rings (SSSR count). The van der Waals surface area contributed by atoms with E-state index >= 15 is 0 Å². The standard InChI is InChI=1S/C22H27FN4O2/c1-3-27(4-2)20-10-9-18(12-19(20)23)26-17-7-5-15(6-8-17)13-25-22(29)16-11-21(28)24-14-16/h5-10,12,16,26H,3-4,11,13-14H2,1-2H3,(H,24,28)(H,25,29). The first-order chi connectivity index (χ1) is 14.0. The van der Waals surface area contributed by atoms with Gasteiger partial charge >= 0.3 is 0 Å². The maximum absolute atomic E-state index is 14.4. The summed E-state index contributed by atoms with van der Waals surface area (Å²) in [6, 6.07) is 12.7. The Kier molecular flexibility index (Phi) is 6.69. The molecule has 7 heteroatoms. The van der Waals surface area contributed by atoms with Gasteiger partial charge in [-0.05, 0) is 49.7 Å². The maximum Gasteiger partial charge on any atom is 0.225 e. The normalized spacial score (nSPS) is 15.7. The van der Waals surface area contributed by atoms with Crippen LogP contribution in [0.5, 0.6) is 0 Å². The van der Waals surface area contributed by atoms with Gasteiger partial charge in [-0.15, -0.1) is 0 Å². The van der Waals surface area contributed by atoms with Crippen LogP contribution in [0.15, 0.2) is 42.5 Å². The average Bonchev–Trinajstić information content (AvgIpc) is 3.16. The van der Waals surface area contributed by atoms with Gasteiger partial charge in [-0.25, -0.2) is 4.39 Å². The second kappa shape index (κ2) is 9.41. The van der Waals surface area contributed by atoms with Crippen LogP contribution in [0.2, 0.25) is 0 Å². The summed E-state index contributed by atoms with van der Waals surface area (Å²) >= 11 is 0. The number of halogens is 1. The summed E-state index contributed by atoms with van der Waals surface area (Å²) in [4.78, 5) is 25.2. The molecule has 0 spiro atoms. The van der Waals surface area contributed by atoms with Crippen LogP contribution in [0.25, 0.3) is 0 Å². The summed E-state index contributed by atoms with van der Waals surface area (Å²) in [5, 5.41) is 8.72. The van der Waals surface area contributed by atoms with Crippen LogP contribution in [-0.2, 0) is 16.1 Å². The van der Waals surface area contributed by atoms with Gasteiger partial charge in [0.05, 0.1) is 11.6 Å². The van der Waals surface area contributed by atoms with Gasteiger partial charge in [0.2, 0.25) is 11.8 Å². The van der Waals surface area contributed by atoms with Crippen LogP contribution < -0.4 is 20.9 Å². The highest BCUT2D eigenvalue weighted by atomic mass is 19.1. The number of hydrogen-bond acceptors (Lipinski definition) is 4. The number of nitrogens with one attached hydrogen (secondary N) is 3. The number of benzene rings is 2. The van der Waals surface area contributed by atoms with Crippen LogP contribution >= 0.6 is 0 Å².